The second-order valence-corrected chi connectivity index (χ2v) is 6.26. The summed E-state index contributed by atoms with van der Waals surface area (Å²) < 4.78 is 5.52. The number of carbonyl (C=O) groups excluding carboxylic acids is 2. The van der Waals surface area contributed by atoms with E-state index in [0.29, 0.717) is 6.54 Å². The van der Waals surface area contributed by atoms with Gasteiger partial charge in [-0.3, -0.25) is 14.5 Å². The van der Waals surface area contributed by atoms with Crippen molar-refractivity contribution in [2.75, 3.05) is 26.2 Å². The first-order chi connectivity index (χ1) is 11.7. The standard InChI is InChI=1S/C18H29N3O3/c1-3-21(4-2)15(16-10-7-11-24-16)12-19-17(22)13-20-18(23)14-8-5-6-9-14/h7,10-11,14-15H,3-6,8-9,12-13H2,1-2H3,(H,19,22)(H,20,23). The van der Waals surface area contributed by atoms with E-state index in [-0.39, 0.29) is 30.3 Å². The number of rotatable bonds is 9. The lowest BCUT2D eigenvalue weighted by Gasteiger charge is -2.28. The molecule has 0 saturated heterocycles. The van der Waals surface area contributed by atoms with E-state index in [1.54, 1.807) is 6.26 Å². The Balaban J connectivity index is 1.80. The minimum atomic E-state index is -0.162. The van der Waals surface area contributed by atoms with E-state index in [1.165, 1.54) is 0 Å². The van der Waals surface area contributed by atoms with E-state index in [0.717, 1.165) is 44.5 Å². The number of carbonyl (C=O) groups is 2. The smallest absolute Gasteiger partial charge is 0.239 e. The van der Waals surface area contributed by atoms with Crippen LogP contribution < -0.4 is 10.6 Å². The molecule has 6 heteroatoms. The van der Waals surface area contributed by atoms with Crippen LogP contribution in [0.15, 0.2) is 22.8 Å². The molecule has 24 heavy (non-hydrogen) atoms. The second kappa shape index (κ2) is 9.47. The second-order valence-electron chi connectivity index (χ2n) is 6.26. The summed E-state index contributed by atoms with van der Waals surface area (Å²) in [5, 5.41) is 5.66. The fraction of sp³-hybridized carbons (Fsp3) is 0.667. The van der Waals surface area contributed by atoms with Crippen molar-refractivity contribution < 1.29 is 14.0 Å². The first-order valence-electron chi connectivity index (χ1n) is 8.97. The maximum atomic E-state index is 12.1. The average molecular weight is 335 g/mol. The van der Waals surface area contributed by atoms with Gasteiger partial charge in [0, 0.05) is 12.5 Å². The van der Waals surface area contributed by atoms with Gasteiger partial charge in [-0.05, 0) is 38.1 Å². The van der Waals surface area contributed by atoms with E-state index in [4.69, 9.17) is 4.42 Å². The van der Waals surface area contributed by atoms with Crippen molar-refractivity contribution in [3.8, 4) is 0 Å². The van der Waals surface area contributed by atoms with Crippen LogP contribution in [-0.2, 0) is 9.59 Å². The molecule has 134 valence electrons. The van der Waals surface area contributed by atoms with Crippen molar-refractivity contribution in [3.05, 3.63) is 24.2 Å². The molecule has 1 atom stereocenters. The summed E-state index contributed by atoms with van der Waals surface area (Å²) >= 11 is 0. The largest absolute Gasteiger partial charge is 0.468 e. The Morgan fingerprint density at radius 2 is 1.96 bits per heavy atom. The van der Waals surface area contributed by atoms with Crippen molar-refractivity contribution in [2.24, 2.45) is 5.92 Å². The number of nitrogens with one attached hydrogen (secondary N) is 2. The minimum Gasteiger partial charge on any atom is -0.468 e. The average Bonchev–Trinajstić information content (AvgIpc) is 3.29. The van der Waals surface area contributed by atoms with Crippen molar-refractivity contribution in [3.63, 3.8) is 0 Å². The number of hydrogen-bond donors (Lipinski definition) is 2. The van der Waals surface area contributed by atoms with E-state index in [9.17, 15) is 9.59 Å². The molecule has 1 aliphatic carbocycles. The topological polar surface area (TPSA) is 74.6 Å². The first kappa shape index (κ1) is 18.5. The van der Waals surface area contributed by atoms with Gasteiger partial charge in [0.05, 0.1) is 18.8 Å². The van der Waals surface area contributed by atoms with Crippen LogP contribution in [-0.4, -0.2) is 42.9 Å². The third-order valence-electron chi connectivity index (χ3n) is 4.77. The van der Waals surface area contributed by atoms with Gasteiger partial charge in [-0.25, -0.2) is 0 Å². The van der Waals surface area contributed by atoms with Crippen LogP contribution in [0.25, 0.3) is 0 Å². The number of nitrogens with zero attached hydrogens (tertiary/aromatic N) is 1. The fourth-order valence-electron chi connectivity index (χ4n) is 3.33. The molecular weight excluding hydrogens is 306 g/mol. The summed E-state index contributed by atoms with van der Waals surface area (Å²) in [6.07, 6.45) is 5.75. The Morgan fingerprint density at radius 3 is 2.54 bits per heavy atom. The van der Waals surface area contributed by atoms with Crippen molar-refractivity contribution in [1.82, 2.24) is 15.5 Å². The minimum absolute atomic E-state index is 0.00415. The molecule has 1 saturated carbocycles. The van der Waals surface area contributed by atoms with Crippen molar-refractivity contribution in [2.45, 2.75) is 45.6 Å². The van der Waals surface area contributed by atoms with E-state index in [2.05, 4.69) is 29.4 Å². The molecule has 1 heterocycles. The van der Waals surface area contributed by atoms with Gasteiger partial charge in [0.1, 0.15) is 5.76 Å². The molecular formula is C18H29N3O3. The molecule has 0 spiro atoms. The van der Waals surface area contributed by atoms with Gasteiger partial charge in [-0.1, -0.05) is 26.7 Å². The molecule has 0 aliphatic heterocycles. The highest BCUT2D eigenvalue weighted by molar-refractivity contribution is 5.85. The molecule has 1 unspecified atom stereocenters. The fourth-order valence-corrected chi connectivity index (χ4v) is 3.33. The number of amides is 2. The summed E-state index contributed by atoms with van der Waals surface area (Å²) in [5.41, 5.74) is 0. The zero-order valence-electron chi connectivity index (χ0n) is 14.7. The van der Waals surface area contributed by atoms with Crippen molar-refractivity contribution >= 4 is 11.8 Å². The quantitative estimate of drug-likeness (QED) is 0.724. The number of likely N-dealkylation sites (N-methyl/N-ethyl adjacent to an activating group) is 1. The maximum absolute atomic E-state index is 12.1. The Kier molecular flexibility index (Phi) is 7.31. The molecule has 0 radical (unpaired) electrons. The molecule has 1 aromatic heterocycles. The van der Waals surface area contributed by atoms with Gasteiger partial charge < -0.3 is 15.1 Å². The molecule has 0 bridgehead atoms. The lowest BCUT2D eigenvalue weighted by atomic mass is 10.1. The van der Waals surface area contributed by atoms with E-state index in [1.807, 2.05) is 12.1 Å². The van der Waals surface area contributed by atoms with Crippen LogP contribution >= 0.6 is 0 Å². The molecule has 0 aromatic carbocycles. The normalized spacial score (nSPS) is 16.3. The van der Waals surface area contributed by atoms with Crippen molar-refractivity contribution in [1.29, 1.82) is 0 Å². The summed E-state index contributed by atoms with van der Waals surface area (Å²) in [7, 11) is 0. The maximum Gasteiger partial charge on any atom is 0.239 e. The predicted molar refractivity (Wildman–Crippen MR) is 92.3 cm³/mol. The van der Waals surface area contributed by atoms with Crippen LogP contribution in [0.1, 0.15) is 51.3 Å². The molecule has 2 amide bonds. The predicted octanol–water partition coefficient (Wildman–Crippen LogP) is 2.09. The number of furan rings is 1. The van der Waals surface area contributed by atoms with Gasteiger partial charge in [0.25, 0.3) is 0 Å². The van der Waals surface area contributed by atoms with Gasteiger partial charge in [-0.15, -0.1) is 0 Å². The summed E-state index contributed by atoms with van der Waals surface area (Å²) in [5.74, 6) is 0.775. The summed E-state index contributed by atoms with van der Waals surface area (Å²) in [4.78, 5) is 26.3. The monoisotopic (exact) mass is 335 g/mol. The van der Waals surface area contributed by atoms with Gasteiger partial charge >= 0.3 is 0 Å². The molecule has 6 nitrogen and oxygen atoms in total. The third kappa shape index (κ3) is 5.09. The van der Waals surface area contributed by atoms with Crippen LogP contribution in [0.4, 0.5) is 0 Å². The van der Waals surface area contributed by atoms with Gasteiger partial charge in [0.15, 0.2) is 0 Å². The Hall–Kier alpha value is -1.82. The van der Waals surface area contributed by atoms with Crippen LogP contribution in [0.5, 0.6) is 0 Å². The Labute approximate surface area is 144 Å². The highest BCUT2D eigenvalue weighted by Crippen LogP contribution is 2.24. The molecule has 2 N–H and O–H groups in total. The van der Waals surface area contributed by atoms with Crippen LogP contribution in [0.2, 0.25) is 0 Å². The highest BCUT2D eigenvalue weighted by Gasteiger charge is 2.24. The first-order valence-corrected chi connectivity index (χ1v) is 8.97. The van der Waals surface area contributed by atoms with E-state index < -0.39 is 0 Å². The van der Waals surface area contributed by atoms with Crippen LogP contribution in [0.3, 0.4) is 0 Å². The Morgan fingerprint density at radius 1 is 1.25 bits per heavy atom. The zero-order valence-corrected chi connectivity index (χ0v) is 14.7. The third-order valence-corrected chi connectivity index (χ3v) is 4.77. The SMILES string of the molecule is CCN(CC)C(CNC(=O)CNC(=O)C1CCCC1)c1ccco1. The van der Waals surface area contributed by atoms with Gasteiger partial charge in [-0.2, -0.15) is 0 Å². The van der Waals surface area contributed by atoms with Gasteiger partial charge in [0.2, 0.25) is 11.8 Å². The highest BCUT2D eigenvalue weighted by atomic mass is 16.3. The summed E-state index contributed by atoms with van der Waals surface area (Å²) in [6, 6.07) is 3.79. The molecule has 2 rings (SSSR count). The zero-order chi connectivity index (χ0) is 17.4. The molecule has 1 aromatic rings. The lowest BCUT2D eigenvalue weighted by Crippen LogP contribution is -2.43. The van der Waals surface area contributed by atoms with E-state index >= 15 is 0 Å². The summed E-state index contributed by atoms with van der Waals surface area (Å²) in [6.45, 7) is 6.42. The lowest BCUT2D eigenvalue weighted by molar-refractivity contribution is -0.128. The molecule has 1 fully saturated rings. The Bertz CT molecular complexity index is 506. The molecule has 1 aliphatic rings. The number of hydrogen-bond acceptors (Lipinski definition) is 4. The van der Waals surface area contributed by atoms with Crippen LogP contribution in [0, 0.1) is 5.92 Å².